The van der Waals surface area contributed by atoms with Crippen LogP contribution in [0.15, 0.2) is 54.6 Å². The van der Waals surface area contributed by atoms with Crippen LogP contribution in [0.2, 0.25) is 0 Å². The fraction of sp³-hybridized carbons (Fsp3) is 0.381. The topological polar surface area (TPSA) is 58.4 Å². The SMILES string of the molecule is CC(C)c1ccc(C(N)CNC(=O)C(c2ccccc2)N(C)C)cc1. The molecule has 0 aliphatic carbocycles. The van der Waals surface area contributed by atoms with E-state index < -0.39 is 0 Å². The van der Waals surface area contributed by atoms with Crippen molar-refractivity contribution < 1.29 is 4.79 Å². The zero-order chi connectivity index (χ0) is 18.4. The zero-order valence-electron chi connectivity index (χ0n) is 15.6. The van der Waals surface area contributed by atoms with Crippen molar-refractivity contribution in [2.24, 2.45) is 5.73 Å². The van der Waals surface area contributed by atoms with E-state index in [4.69, 9.17) is 5.73 Å². The van der Waals surface area contributed by atoms with Crippen molar-refractivity contribution in [2.75, 3.05) is 20.6 Å². The van der Waals surface area contributed by atoms with Crippen LogP contribution in [0, 0.1) is 0 Å². The second-order valence-corrected chi connectivity index (χ2v) is 6.95. The average molecular weight is 339 g/mol. The summed E-state index contributed by atoms with van der Waals surface area (Å²) >= 11 is 0. The molecule has 4 heteroatoms. The summed E-state index contributed by atoms with van der Waals surface area (Å²) in [7, 11) is 3.81. The number of likely N-dealkylation sites (N-methyl/N-ethyl adjacent to an activating group) is 1. The summed E-state index contributed by atoms with van der Waals surface area (Å²) in [6.07, 6.45) is 0. The molecular weight excluding hydrogens is 310 g/mol. The minimum absolute atomic E-state index is 0.0366. The largest absolute Gasteiger partial charge is 0.353 e. The quantitative estimate of drug-likeness (QED) is 0.814. The summed E-state index contributed by atoms with van der Waals surface area (Å²) in [6.45, 7) is 4.75. The molecular formula is C21H29N3O. The second-order valence-electron chi connectivity index (χ2n) is 6.95. The number of benzene rings is 2. The van der Waals surface area contributed by atoms with Crippen molar-refractivity contribution >= 4 is 5.91 Å². The van der Waals surface area contributed by atoms with E-state index in [9.17, 15) is 4.79 Å². The zero-order valence-corrected chi connectivity index (χ0v) is 15.6. The maximum atomic E-state index is 12.7. The molecule has 0 aromatic heterocycles. The fourth-order valence-corrected chi connectivity index (χ4v) is 2.87. The first-order valence-electron chi connectivity index (χ1n) is 8.74. The molecule has 0 spiro atoms. The van der Waals surface area contributed by atoms with Crippen LogP contribution in [0.4, 0.5) is 0 Å². The van der Waals surface area contributed by atoms with Gasteiger partial charge in [0.15, 0.2) is 0 Å². The molecule has 0 bridgehead atoms. The first kappa shape index (κ1) is 19.2. The minimum Gasteiger partial charge on any atom is -0.353 e. The van der Waals surface area contributed by atoms with Gasteiger partial charge in [0.05, 0.1) is 0 Å². The molecule has 0 heterocycles. The molecule has 4 nitrogen and oxygen atoms in total. The predicted octanol–water partition coefficient (Wildman–Crippen LogP) is 3.23. The first-order chi connectivity index (χ1) is 11.9. The maximum Gasteiger partial charge on any atom is 0.242 e. The van der Waals surface area contributed by atoms with E-state index in [1.165, 1.54) is 5.56 Å². The van der Waals surface area contributed by atoms with Gasteiger partial charge < -0.3 is 11.1 Å². The van der Waals surface area contributed by atoms with E-state index in [1.54, 1.807) is 0 Å². The number of hydrogen-bond acceptors (Lipinski definition) is 3. The highest BCUT2D eigenvalue weighted by atomic mass is 16.2. The first-order valence-corrected chi connectivity index (χ1v) is 8.74. The molecule has 0 aliphatic rings. The van der Waals surface area contributed by atoms with Gasteiger partial charge in [-0.25, -0.2) is 0 Å². The molecule has 2 aromatic carbocycles. The number of rotatable bonds is 7. The van der Waals surface area contributed by atoms with Crippen molar-refractivity contribution in [1.29, 1.82) is 0 Å². The minimum atomic E-state index is -0.322. The van der Waals surface area contributed by atoms with E-state index in [-0.39, 0.29) is 18.0 Å². The highest BCUT2D eigenvalue weighted by Crippen LogP contribution is 2.19. The lowest BCUT2D eigenvalue weighted by Gasteiger charge is -2.24. The van der Waals surface area contributed by atoms with Gasteiger partial charge in [-0.15, -0.1) is 0 Å². The Bertz CT molecular complexity index is 665. The lowest BCUT2D eigenvalue weighted by molar-refractivity contribution is -0.125. The predicted molar refractivity (Wildman–Crippen MR) is 103 cm³/mol. The number of hydrogen-bond donors (Lipinski definition) is 2. The number of nitrogens with two attached hydrogens (primary N) is 1. The molecule has 0 aliphatic heterocycles. The van der Waals surface area contributed by atoms with Crippen molar-refractivity contribution in [3.8, 4) is 0 Å². The Hall–Kier alpha value is -2.17. The molecule has 2 aromatic rings. The van der Waals surface area contributed by atoms with Crippen LogP contribution in [0.5, 0.6) is 0 Å². The lowest BCUT2D eigenvalue weighted by Crippen LogP contribution is -2.40. The normalized spacial score (nSPS) is 13.7. The number of nitrogens with one attached hydrogen (secondary N) is 1. The van der Waals surface area contributed by atoms with E-state index in [2.05, 4.69) is 31.3 Å². The van der Waals surface area contributed by atoms with Crippen molar-refractivity contribution in [3.63, 3.8) is 0 Å². The highest BCUT2D eigenvalue weighted by molar-refractivity contribution is 5.83. The number of carbonyl (C=O) groups excluding carboxylic acids is 1. The molecule has 3 N–H and O–H groups in total. The monoisotopic (exact) mass is 339 g/mol. The van der Waals surface area contributed by atoms with Gasteiger partial charge in [-0.05, 0) is 36.7 Å². The van der Waals surface area contributed by atoms with Crippen molar-refractivity contribution in [1.82, 2.24) is 10.2 Å². The van der Waals surface area contributed by atoms with Crippen LogP contribution in [0.25, 0.3) is 0 Å². The summed E-state index contributed by atoms with van der Waals surface area (Å²) in [5.74, 6) is 0.460. The summed E-state index contributed by atoms with van der Waals surface area (Å²) in [5.41, 5.74) is 9.55. The van der Waals surface area contributed by atoms with E-state index in [1.807, 2.05) is 61.5 Å². The Labute approximate surface area is 151 Å². The molecule has 2 atom stereocenters. The van der Waals surface area contributed by atoms with Crippen LogP contribution in [0.3, 0.4) is 0 Å². The average Bonchev–Trinajstić information content (AvgIpc) is 2.60. The summed E-state index contributed by atoms with van der Waals surface area (Å²) in [6, 6.07) is 17.5. The Morgan fingerprint density at radius 3 is 2.04 bits per heavy atom. The molecule has 2 unspecified atom stereocenters. The third-order valence-corrected chi connectivity index (χ3v) is 4.41. The molecule has 1 amide bonds. The summed E-state index contributed by atoms with van der Waals surface area (Å²) in [4.78, 5) is 14.6. The highest BCUT2D eigenvalue weighted by Gasteiger charge is 2.23. The molecule has 0 saturated carbocycles. The summed E-state index contributed by atoms with van der Waals surface area (Å²) < 4.78 is 0. The van der Waals surface area contributed by atoms with Crippen LogP contribution < -0.4 is 11.1 Å². The Morgan fingerprint density at radius 2 is 1.52 bits per heavy atom. The number of carbonyl (C=O) groups is 1. The molecule has 0 saturated heterocycles. The maximum absolute atomic E-state index is 12.7. The fourth-order valence-electron chi connectivity index (χ4n) is 2.87. The van der Waals surface area contributed by atoms with Gasteiger partial charge >= 0.3 is 0 Å². The number of amides is 1. The Balaban J connectivity index is 1.99. The van der Waals surface area contributed by atoms with E-state index in [0.29, 0.717) is 12.5 Å². The van der Waals surface area contributed by atoms with Crippen LogP contribution in [-0.4, -0.2) is 31.4 Å². The lowest BCUT2D eigenvalue weighted by atomic mass is 9.99. The van der Waals surface area contributed by atoms with Crippen molar-refractivity contribution in [2.45, 2.75) is 31.8 Å². The van der Waals surface area contributed by atoms with Gasteiger partial charge in [-0.1, -0.05) is 68.4 Å². The van der Waals surface area contributed by atoms with Gasteiger partial charge in [0.1, 0.15) is 6.04 Å². The third kappa shape index (κ3) is 5.15. The Kier molecular flexibility index (Phi) is 6.73. The van der Waals surface area contributed by atoms with Crippen LogP contribution >= 0.6 is 0 Å². The Morgan fingerprint density at radius 1 is 0.960 bits per heavy atom. The smallest absolute Gasteiger partial charge is 0.242 e. The van der Waals surface area contributed by atoms with E-state index >= 15 is 0 Å². The van der Waals surface area contributed by atoms with Gasteiger partial charge in [0.25, 0.3) is 0 Å². The molecule has 25 heavy (non-hydrogen) atoms. The molecule has 0 fully saturated rings. The van der Waals surface area contributed by atoms with Gasteiger partial charge in [0.2, 0.25) is 5.91 Å². The summed E-state index contributed by atoms with van der Waals surface area (Å²) in [5, 5.41) is 2.99. The van der Waals surface area contributed by atoms with Gasteiger partial charge in [0, 0.05) is 12.6 Å². The molecule has 134 valence electrons. The van der Waals surface area contributed by atoms with Crippen LogP contribution in [-0.2, 0) is 4.79 Å². The molecule has 0 radical (unpaired) electrons. The number of nitrogens with zero attached hydrogens (tertiary/aromatic N) is 1. The molecule has 2 rings (SSSR count). The van der Waals surface area contributed by atoms with E-state index in [0.717, 1.165) is 11.1 Å². The van der Waals surface area contributed by atoms with Gasteiger partial charge in [-0.2, -0.15) is 0 Å². The second kappa shape index (κ2) is 8.79. The van der Waals surface area contributed by atoms with Crippen molar-refractivity contribution in [3.05, 3.63) is 71.3 Å². The third-order valence-electron chi connectivity index (χ3n) is 4.41. The van der Waals surface area contributed by atoms with Crippen LogP contribution in [0.1, 0.15) is 48.5 Å². The van der Waals surface area contributed by atoms with Gasteiger partial charge in [-0.3, -0.25) is 9.69 Å². The standard InChI is InChI=1S/C21H29N3O/c1-15(2)16-10-12-17(13-11-16)19(22)14-23-21(25)20(24(3)4)18-8-6-5-7-9-18/h5-13,15,19-20H,14,22H2,1-4H3,(H,23,25).